The fourth-order valence-electron chi connectivity index (χ4n) is 3.25. The van der Waals surface area contributed by atoms with Crippen molar-refractivity contribution in [3.05, 3.63) is 0 Å². The molecule has 2 atom stereocenters. The summed E-state index contributed by atoms with van der Waals surface area (Å²) >= 11 is 0. The quantitative estimate of drug-likeness (QED) is 0.746. The summed E-state index contributed by atoms with van der Waals surface area (Å²) in [6.07, 6.45) is 3.68. The Kier molecular flexibility index (Phi) is 6.65. The molecule has 0 aromatic carbocycles. The second kappa shape index (κ2) is 7.78. The van der Waals surface area contributed by atoms with Crippen molar-refractivity contribution in [1.82, 2.24) is 10.2 Å². The Hall–Kier alpha value is -1.10. The maximum absolute atomic E-state index is 13.1. The summed E-state index contributed by atoms with van der Waals surface area (Å²) in [6.45, 7) is 8.43. The molecule has 1 aliphatic heterocycles. The summed E-state index contributed by atoms with van der Waals surface area (Å²) in [4.78, 5) is 27.4. The molecule has 0 aromatic heterocycles. The van der Waals surface area contributed by atoms with E-state index in [1.54, 1.807) is 12.0 Å². The van der Waals surface area contributed by atoms with Crippen LogP contribution in [0.5, 0.6) is 0 Å². The summed E-state index contributed by atoms with van der Waals surface area (Å²) in [5.74, 6) is 0.0208. The van der Waals surface area contributed by atoms with Crippen molar-refractivity contribution in [3.8, 4) is 0 Å². The van der Waals surface area contributed by atoms with Crippen LogP contribution in [-0.2, 0) is 14.3 Å². The van der Waals surface area contributed by atoms with Crippen molar-refractivity contribution in [1.29, 1.82) is 0 Å². The number of rotatable bonds is 8. The monoisotopic (exact) mass is 298 g/mol. The van der Waals surface area contributed by atoms with E-state index in [0.717, 1.165) is 12.8 Å². The van der Waals surface area contributed by atoms with Crippen LogP contribution < -0.4 is 5.32 Å². The van der Waals surface area contributed by atoms with Crippen molar-refractivity contribution in [2.24, 2.45) is 0 Å². The van der Waals surface area contributed by atoms with Crippen LogP contribution in [0.2, 0.25) is 0 Å². The molecule has 5 heteroatoms. The Labute approximate surface area is 128 Å². The molecule has 0 bridgehead atoms. The minimum absolute atomic E-state index is 0.0269. The van der Waals surface area contributed by atoms with E-state index in [0.29, 0.717) is 25.9 Å². The molecule has 0 saturated carbocycles. The van der Waals surface area contributed by atoms with Gasteiger partial charge >= 0.3 is 0 Å². The number of piperazine rings is 1. The van der Waals surface area contributed by atoms with E-state index in [2.05, 4.69) is 12.2 Å². The maximum atomic E-state index is 13.1. The molecule has 0 aliphatic carbocycles. The van der Waals surface area contributed by atoms with Gasteiger partial charge in [-0.2, -0.15) is 0 Å². The normalized spacial score (nSPS) is 23.1. The number of carbonyl (C=O) groups excluding carboxylic acids is 2. The molecule has 1 heterocycles. The van der Waals surface area contributed by atoms with Crippen LogP contribution in [-0.4, -0.2) is 48.1 Å². The molecule has 1 N–H and O–H groups in total. The summed E-state index contributed by atoms with van der Waals surface area (Å²) in [7, 11) is 1.64. The predicted molar refractivity (Wildman–Crippen MR) is 83.0 cm³/mol. The van der Waals surface area contributed by atoms with Crippen LogP contribution in [0.25, 0.3) is 0 Å². The highest BCUT2D eigenvalue weighted by Crippen LogP contribution is 2.29. The van der Waals surface area contributed by atoms with Crippen molar-refractivity contribution in [2.45, 2.75) is 77.4 Å². The van der Waals surface area contributed by atoms with Gasteiger partial charge in [-0.05, 0) is 25.7 Å². The average Bonchev–Trinajstić information content (AvgIpc) is 2.48. The first-order chi connectivity index (χ1) is 10.0. The second-order valence-corrected chi connectivity index (χ2v) is 5.81. The lowest BCUT2D eigenvalue weighted by Gasteiger charge is -2.48. The van der Waals surface area contributed by atoms with E-state index >= 15 is 0 Å². The molecule has 0 aromatic rings. The molecule has 122 valence electrons. The van der Waals surface area contributed by atoms with Gasteiger partial charge in [0.25, 0.3) is 0 Å². The Bertz CT molecular complexity index is 361. The molecular formula is C16H30N2O3. The molecule has 1 saturated heterocycles. The summed E-state index contributed by atoms with van der Waals surface area (Å²) in [5, 5.41) is 2.98. The van der Waals surface area contributed by atoms with E-state index in [1.165, 1.54) is 0 Å². The van der Waals surface area contributed by atoms with E-state index in [1.807, 2.05) is 20.8 Å². The highest BCUT2D eigenvalue weighted by atomic mass is 16.5. The molecule has 5 nitrogen and oxygen atoms in total. The van der Waals surface area contributed by atoms with Gasteiger partial charge in [-0.1, -0.05) is 34.1 Å². The molecule has 1 aliphatic rings. The van der Waals surface area contributed by atoms with Crippen LogP contribution in [0, 0.1) is 0 Å². The molecule has 1 rings (SSSR count). The Morgan fingerprint density at radius 1 is 1.24 bits per heavy atom. The zero-order chi connectivity index (χ0) is 16.0. The number of hydrogen-bond donors (Lipinski definition) is 1. The Balaban J connectivity index is 3.18. The molecular weight excluding hydrogens is 268 g/mol. The first-order valence-corrected chi connectivity index (χ1v) is 8.14. The van der Waals surface area contributed by atoms with E-state index < -0.39 is 5.54 Å². The molecule has 0 radical (unpaired) electrons. The largest absolute Gasteiger partial charge is 0.383 e. The zero-order valence-corrected chi connectivity index (χ0v) is 14.1. The number of ether oxygens (including phenoxy) is 1. The topological polar surface area (TPSA) is 58.6 Å². The van der Waals surface area contributed by atoms with Gasteiger partial charge in [0.15, 0.2) is 0 Å². The lowest BCUT2D eigenvalue weighted by Crippen LogP contribution is -2.72. The van der Waals surface area contributed by atoms with Crippen LogP contribution in [0.4, 0.5) is 0 Å². The highest BCUT2D eigenvalue weighted by Gasteiger charge is 2.50. The molecule has 0 spiro atoms. The molecule has 2 amide bonds. The van der Waals surface area contributed by atoms with Gasteiger partial charge in [0, 0.05) is 7.11 Å². The Morgan fingerprint density at radius 3 is 2.29 bits per heavy atom. The smallest absolute Gasteiger partial charge is 0.249 e. The van der Waals surface area contributed by atoms with Crippen molar-refractivity contribution in [3.63, 3.8) is 0 Å². The number of nitrogens with zero attached hydrogens (tertiary/aromatic N) is 1. The van der Waals surface area contributed by atoms with Crippen molar-refractivity contribution in [2.75, 3.05) is 13.7 Å². The number of amides is 2. The van der Waals surface area contributed by atoms with E-state index in [9.17, 15) is 9.59 Å². The van der Waals surface area contributed by atoms with Gasteiger partial charge < -0.3 is 15.0 Å². The average molecular weight is 298 g/mol. The molecule has 21 heavy (non-hydrogen) atoms. The SMILES string of the molecule is CCCC(COC)N1C(=O)C(CC)(CC)NC(=O)C1CC. The van der Waals surface area contributed by atoms with Crippen molar-refractivity contribution < 1.29 is 14.3 Å². The van der Waals surface area contributed by atoms with Gasteiger partial charge in [0.2, 0.25) is 11.8 Å². The van der Waals surface area contributed by atoms with E-state index in [-0.39, 0.29) is 23.9 Å². The van der Waals surface area contributed by atoms with Crippen molar-refractivity contribution >= 4 is 11.8 Å². The third-order valence-electron chi connectivity index (χ3n) is 4.61. The lowest BCUT2D eigenvalue weighted by atomic mass is 9.85. The minimum atomic E-state index is -0.748. The number of carbonyl (C=O) groups is 2. The number of nitrogens with one attached hydrogen (secondary N) is 1. The minimum Gasteiger partial charge on any atom is -0.383 e. The third-order valence-corrected chi connectivity index (χ3v) is 4.61. The number of methoxy groups -OCH3 is 1. The maximum Gasteiger partial charge on any atom is 0.249 e. The highest BCUT2D eigenvalue weighted by molar-refractivity contribution is 6.00. The van der Waals surface area contributed by atoms with Gasteiger partial charge in [0.05, 0.1) is 12.6 Å². The van der Waals surface area contributed by atoms with E-state index in [4.69, 9.17) is 4.74 Å². The third kappa shape index (κ3) is 3.39. The fraction of sp³-hybridized carbons (Fsp3) is 0.875. The Morgan fingerprint density at radius 2 is 1.86 bits per heavy atom. The first-order valence-electron chi connectivity index (χ1n) is 8.14. The fourth-order valence-corrected chi connectivity index (χ4v) is 3.25. The van der Waals surface area contributed by atoms with Gasteiger partial charge in [-0.15, -0.1) is 0 Å². The lowest BCUT2D eigenvalue weighted by molar-refractivity contribution is -0.160. The van der Waals surface area contributed by atoms with Crippen LogP contribution in [0.1, 0.15) is 59.8 Å². The molecule has 2 unspecified atom stereocenters. The van der Waals surface area contributed by atoms with Crippen LogP contribution in [0.15, 0.2) is 0 Å². The number of hydrogen-bond acceptors (Lipinski definition) is 3. The molecule has 1 fully saturated rings. The van der Waals surface area contributed by atoms with Gasteiger partial charge in [-0.3, -0.25) is 9.59 Å². The summed E-state index contributed by atoms with van der Waals surface area (Å²) in [6, 6.07) is -0.406. The zero-order valence-electron chi connectivity index (χ0n) is 14.1. The van der Waals surface area contributed by atoms with Gasteiger partial charge in [-0.25, -0.2) is 0 Å². The standard InChI is InChI=1S/C16H30N2O3/c1-6-10-12(11-21-5)18-13(7-2)14(19)17-16(8-3,9-4)15(18)20/h12-13H,6-11H2,1-5H3,(H,17,19). The van der Waals surface area contributed by atoms with Crippen LogP contribution >= 0.6 is 0 Å². The summed E-state index contributed by atoms with van der Waals surface area (Å²) < 4.78 is 5.30. The first kappa shape index (κ1) is 18.0. The second-order valence-electron chi connectivity index (χ2n) is 5.81. The predicted octanol–water partition coefficient (Wildman–Crippen LogP) is 2.10. The summed E-state index contributed by atoms with van der Waals surface area (Å²) in [5.41, 5.74) is -0.748. The van der Waals surface area contributed by atoms with Crippen LogP contribution in [0.3, 0.4) is 0 Å². The van der Waals surface area contributed by atoms with Gasteiger partial charge in [0.1, 0.15) is 11.6 Å².